The van der Waals surface area contributed by atoms with Crippen molar-refractivity contribution in [3.8, 4) is 0 Å². The van der Waals surface area contributed by atoms with Crippen LogP contribution in [0.15, 0.2) is 15.5 Å². The zero-order valence-electron chi connectivity index (χ0n) is 11.3. The highest BCUT2D eigenvalue weighted by molar-refractivity contribution is 9.10. The van der Waals surface area contributed by atoms with Crippen LogP contribution in [0.2, 0.25) is 0 Å². The Morgan fingerprint density at radius 2 is 2.47 bits per heavy atom. The van der Waals surface area contributed by atoms with Gasteiger partial charge >= 0.3 is 0 Å². The van der Waals surface area contributed by atoms with E-state index in [9.17, 15) is 4.79 Å². The van der Waals surface area contributed by atoms with Gasteiger partial charge in [-0.1, -0.05) is 6.92 Å². The van der Waals surface area contributed by atoms with Gasteiger partial charge in [0.1, 0.15) is 4.47 Å². The average molecular weight is 329 g/mol. The number of piperidine rings is 1. The quantitative estimate of drug-likeness (QED) is 0.865. The second kappa shape index (κ2) is 7.05. The molecule has 0 aromatic carbocycles. The Morgan fingerprint density at radius 1 is 1.63 bits per heavy atom. The van der Waals surface area contributed by atoms with Crippen LogP contribution in [0.25, 0.3) is 0 Å². The summed E-state index contributed by atoms with van der Waals surface area (Å²) in [6.45, 7) is 5.73. The first kappa shape index (κ1) is 14.5. The second-order valence-corrected chi connectivity index (χ2v) is 5.79. The van der Waals surface area contributed by atoms with E-state index in [4.69, 9.17) is 0 Å². The maximum atomic E-state index is 12.0. The molecular weight excluding hydrogens is 308 g/mol. The van der Waals surface area contributed by atoms with Gasteiger partial charge in [-0.05, 0) is 54.2 Å². The molecule has 0 saturated carbocycles. The largest absolute Gasteiger partial charge is 0.382 e. The van der Waals surface area contributed by atoms with Crippen LogP contribution in [0, 0.1) is 5.92 Å². The Morgan fingerprint density at radius 3 is 3.16 bits per heavy atom. The van der Waals surface area contributed by atoms with Crippen LogP contribution in [-0.4, -0.2) is 29.4 Å². The summed E-state index contributed by atoms with van der Waals surface area (Å²) in [7, 11) is 0. The summed E-state index contributed by atoms with van der Waals surface area (Å²) in [6.07, 6.45) is 5.10. The smallest absolute Gasteiger partial charge is 0.283 e. The molecule has 1 unspecified atom stereocenters. The average Bonchev–Trinajstić information content (AvgIpc) is 2.44. The molecule has 2 heterocycles. The Labute approximate surface area is 121 Å². The minimum absolute atomic E-state index is 0.0615. The second-order valence-electron chi connectivity index (χ2n) is 4.99. The highest BCUT2D eigenvalue weighted by Gasteiger charge is 2.14. The van der Waals surface area contributed by atoms with Crippen LogP contribution in [0.5, 0.6) is 0 Å². The zero-order chi connectivity index (χ0) is 13.7. The van der Waals surface area contributed by atoms with Crippen LogP contribution in [0.3, 0.4) is 0 Å². The maximum absolute atomic E-state index is 12.0. The number of aromatic nitrogens is 2. The van der Waals surface area contributed by atoms with Crippen molar-refractivity contribution in [3.63, 3.8) is 0 Å². The van der Waals surface area contributed by atoms with E-state index in [0.717, 1.165) is 31.7 Å². The molecule has 6 heteroatoms. The van der Waals surface area contributed by atoms with Gasteiger partial charge in [-0.3, -0.25) is 4.79 Å². The minimum Gasteiger partial charge on any atom is -0.382 e. The van der Waals surface area contributed by atoms with Crippen molar-refractivity contribution in [3.05, 3.63) is 21.0 Å². The molecule has 1 saturated heterocycles. The SMILES string of the molecule is CCCn1ncc(NCC2CCCNC2)c(Br)c1=O. The number of halogens is 1. The van der Waals surface area contributed by atoms with E-state index in [-0.39, 0.29) is 5.56 Å². The van der Waals surface area contributed by atoms with E-state index in [1.165, 1.54) is 17.5 Å². The van der Waals surface area contributed by atoms with Gasteiger partial charge in [0.25, 0.3) is 5.56 Å². The molecule has 0 radical (unpaired) electrons. The Hall–Kier alpha value is -0.880. The fourth-order valence-corrected chi connectivity index (χ4v) is 2.76. The summed E-state index contributed by atoms with van der Waals surface area (Å²) in [6, 6.07) is 0. The normalized spacial score (nSPS) is 19.4. The van der Waals surface area contributed by atoms with Gasteiger partial charge in [0.05, 0.1) is 11.9 Å². The third-order valence-electron chi connectivity index (χ3n) is 3.40. The van der Waals surface area contributed by atoms with E-state index in [1.54, 1.807) is 6.20 Å². The highest BCUT2D eigenvalue weighted by Crippen LogP contribution is 2.18. The van der Waals surface area contributed by atoms with E-state index in [0.29, 0.717) is 16.9 Å². The summed E-state index contributed by atoms with van der Waals surface area (Å²) in [4.78, 5) is 12.0. The first-order chi connectivity index (χ1) is 9.22. The Kier molecular flexibility index (Phi) is 5.39. The summed E-state index contributed by atoms with van der Waals surface area (Å²) in [5.41, 5.74) is 0.733. The first-order valence-corrected chi connectivity index (χ1v) is 7.72. The predicted octanol–water partition coefficient (Wildman–Crippen LogP) is 1.83. The summed E-state index contributed by atoms with van der Waals surface area (Å²) >= 11 is 3.37. The van der Waals surface area contributed by atoms with E-state index >= 15 is 0 Å². The molecule has 1 atom stereocenters. The number of hydrogen-bond acceptors (Lipinski definition) is 4. The molecule has 1 aliphatic heterocycles. The molecule has 106 valence electrons. The summed E-state index contributed by atoms with van der Waals surface area (Å²) < 4.78 is 2.08. The lowest BCUT2D eigenvalue weighted by atomic mass is 10.00. The van der Waals surface area contributed by atoms with Crippen LogP contribution in [-0.2, 0) is 6.54 Å². The van der Waals surface area contributed by atoms with Crippen molar-refractivity contribution in [1.29, 1.82) is 0 Å². The lowest BCUT2D eigenvalue weighted by Crippen LogP contribution is -2.34. The molecule has 1 fully saturated rings. The highest BCUT2D eigenvalue weighted by atomic mass is 79.9. The molecular formula is C13H21BrN4O. The van der Waals surface area contributed by atoms with Crippen molar-refractivity contribution in [2.24, 2.45) is 5.92 Å². The Bertz CT molecular complexity index is 468. The number of anilines is 1. The summed E-state index contributed by atoms with van der Waals surface area (Å²) in [5.74, 6) is 0.624. The van der Waals surface area contributed by atoms with Crippen LogP contribution in [0.4, 0.5) is 5.69 Å². The number of nitrogens with one attached hydrogen (secondary N) is 2. The monoisotopic (exact) mass is 328 g/mol. The molecule has 1 aromatic heterocycles. The van der Waals surface area contributed by atoms with E-state index in [2.05, 4.69) is 31.7 Å². The van der Waals surface area contributed by atoms with Crippen LogP contribution >= 0.6 is 15.9 Å². The molecule has 5 nitrogen and oxygen atoms in total. The molecule has 2 N–H and O–H groups in total. The summed E-state index contributed by atoms with van der Waals surface area (Å²) in [5, 5.41) is 10.9. The molecule has 0 amide bonds. The van der Waals surface area contributed by atoms with Crippen molar-refractivity contribution in [2.75, 3.05) is 25.0 Å². The zero-order valence-corrected chi connectivity index (χ0v) is 12.9. The molecule has 1 aromatic rings. The van der Waals surface area contributed by atoms with Crippen molar-refractivity contribution in [2.45, 2.75) is 32.7 Å². The van der Waals surface area contributed by atoms with Crippen LogP contribution < -0.4 is 16.2 Å². The fraction of sp³-hybridized carbons (Fsp3) is 0.692. The van der Waals surface area contributed by atoms with Gasteiger partial charge in [-0.2, -0.15) is 5.10 Å². The van der Waals surface area contributed by atoms with Gasteiger partial charge in [0, 0.05) is 13.1 Å². The van der Waals surface area contributed by atoms with E-state index < -0.39 is 0 Å². The topological polar surface area (TPSA) is 59.0 Å². The standard InChI is InChI=1S/C13H21BrN4O/c1-2-6-18-13(19)12(14)11(9-17-18)16-8-10-4-3-5-15-7-10/h9-10,15-16H,2-8H2,1H3. The third-order valence-corrected chi connectivity index (χ3v) is 4.17. The molecule has 0 bridgehead atoms. The van der Waals surface area contributed by atoms with Crippen molar-refractivity contribution >= 4 is 21.6 Å². The molecule has 0 spiro atoms. The number of hydrogen-bond donors (Lipinski definition) is 2. The first-order valence-electron chi connectivity index (χ1n) is 6.92. The lowest BCUT2D eigenvalue weighted by Gasteiger charge is -2.23. The lowest BCUT2D eigenvalue weighted by molar-refractivity contribution is 0.392. The third kappa shape index (κ3) is 3.79. The number of nitrogens with zero attached hydrogens (tertiary/aromatic N) is 2. The van der Waals surface area contributed by atoms with Crippen molar-refractivity contribution < 1.29 is 0 Å². The number of aryl methyl sites for hydroxylation is 1. The van der Waals surface area contributed by atoms with Gasteiger partial charge in [0.2, 0.25) is 0 Å². The van der Waals surface area contributed by atoms with Crippen LogP contribution in [0.1, 0.15) is 26.2 Å². The van der Waals surface area contributed by atoms with Crippen molar-refractivity contribution in [1.82, 2.24) is 15.1 Å². The minimum atomic E-state index is -0.0615. The number of rotatable bonds is 5. The van der Waals surface area contributed by atoms with E-state index in [1.807, 2.05) is 6.92 Å². The predicted molar refractivity (Wildman–Crippen MR) is 80.6 cm³/mol. The molecule has 19 heavy (non-hydrogen) atoms. The van der Waals surface area contributed by atoms with Gasteiger partial charge in [-0.25, -0.2) is 4.68 Å². The molecule has 0 aliphatic carbocycles. The maximum Gasteiger partial charge on any atom is 0.283 e. The molecule has 1 aliphatic rings. The Balaban J connectivity index is 2.00. The molecule has 2 rings (SSSR count). The van der Waals surface area contributed by atoms with Gasteiger partial charge < -0.3 is 10.6 Å². The fourth-order valence-electron chi connectivity index (χ4n) is 2.31. The van der Waals surface area contributed by atoms with Gasteiger partial charge in [-0.15, -0.1) is 0 Å². The van der Waals surface area contributed by atoms with Gasteiger partial charge in [0.15, 0.2) is 0 Å².